The molecule has 2 heterocycles. The number of fused-ring (bicyclic) bond motifs is 1. The smallest absolute Gasteiger partial charge is 0.267 e. The minimum absolute atomic E-state index is 0.0404. The molecule has 0 aliphatic rings. The number of carbonyl (C=O) groups is 1. The number of hydrogen-bond acceptors (Lipinski definition) is 6. The summed E-state index contributed by atoms with van der Waals surface area (Å²) in [6.07, 6.45) is 1.63. The van der Waals surface area contributed by atoms with Gasteiger partial charge < -0.3 is 0 Å². The van der Waals surface area contributed by atoms with E-state index in [9.17, 15) is 14.9 Å². The van der Waals surface area contributed by atoms with Crippen LogP contribution in [0.3, 0.4) is 0 Å². The maximum absolute atomic E-state index is 13.4. The number of non-ortho nitro benzene ring substituents is 1. The van der Waals surface area contributed by atoms with Gasteiger partial charge in [-0.25, -0.2) is 4.68 Å². The maximum Gasteiger partial charge on any atom is 0.284 e. The molecule has 5 aromatic rings. The number of para-hydroxylation sites is 2. The van der Waals surface area contributed by atoms with Crippen LogP contribution in [0.4, 0.5) is 5.69 Å². The zero-order valence-corrected chi connectivity index (χ0v) is 16.0. The van der Waals surface area contributed by atoms with Crippen molar-refractivity contribution < 1.29 is 9.72 Å². The predicted molar refractivity (Wildman–Crippen MR) is 113 cm³/mol. The largest absolute Gasteiger partial charge is 0.284 e. The maximum atomic E-state index is 13.4. The quantitative estimate of drug-likeness (QED) is 0.329. The van der Waals surface area contributed by atoms with Crippen molar-refractivity contribution in [2.45, 2.75) is 0 Å². The van der Waals surface area contributed by atoms with Crippen LogP contribution in [-0.2, 0) is 0 Å². The molecule has 0 spiro atoms. The van der Waals surface area contributed by atoms with Crippen LogP contribution in [0.5, 0.6) is 0 Å². The summed E-state index contributed by atoms with van der Waals surface area (Å²) in [6.45, 7) is 0. The molecule has 0 amide bonds. The van der Waals surface area contributed by atoms with Gasteiger partial charge in [0.1, 0.15) is 11.2 Å². The zero-order chi connectivity index (χ0) is 21.4. The summed E-state index contributed by atoms with van der Waals surface area (Å²) in [6, 6.07) is 22.4. The molecule has 0 saturated heterocycles. The normalized spacial score (nSPS) is 11.0. The Balaban J connectivity index is 1.67. The lowest BCUT2D eigenvalue weighted by Crippen LogP contribution is -2.14. The van der Waals surface area contributed by atoms with Crippen LogP contribution in [0.25, 0.3) is 28.0 Å². The third kappa shape index (κ3) is 3.23. The second-order valence-corrected chi connectivity index (χ2v) is 6.77. The Labute approximate surface area is 175 Å². The second kappa shape index (κ2) is 7.30. The SMILES string of the molecule is O=C(c1cn(-c2ccccc2)nc1-c1ccc([N+](=O)[O-])cc1)n1nnc2ccccc21. The molecule has 0 aliphatic carbocycles. The van der Waals surface area contributed by atoms with E-state index in [1.165, 1.54) is 16.8 Å². The van der Waals surface area contributed by atoms with Gasteiger partial charge >= 0.3 is 0 Å². The van der Waals surface area contributed by atoms with Gasteiger partial charge in [0.15, 0.2) is 0 Å². The van der Waals surface area contributed by atoms with Gasteiger partial charge in [0.2, 0.25) is 0 Å². The molecule has 0 N–H and O–H groups in total. The third-order valence-corrected chi connectivity index (χ3v) is 4.86. The summed E-state index contributed by atoms with van der Waals surface area (Å²) in [5.41, 5.74) is 3.18. The molecule has 0 saturated carbocycles. The Morgan fingerprint density at radius 2 is 1.61 bits per heavy atom. The molecule has 0 radical (unpaired) electrons. The first-order valence-electron chi connectivity index (χ1n) is 9.37. The summed E-state index contributed by atoms with van der Waals surface area (Å²) < 4.78 is 2.83. The highest BCUT2D eigenvalue weighted by molar-refractivity contribution is 6.04. The number of nitro groups is 1. The molecular weight excluding hydrogens is 396 g/mol. The lowest BCUT2D eigenvalue weighted by Gasteiger charge is -2.02. The number of carbonyl (C=O) groups excluding carboxylic acids is 1. The first-order valence-corrected chi connectivity index (χ1v) is 9.37. The fourth-order valence-electron chi connectivity index (χ4n) is 3.33. The van der Waals surface area contributed by atoms with E-state index in [0.29, 0.717) is 27.9 Å². The average Bonchev–Trinajstić information content (AvgIpc) is 3.44. The van der Waals surface area contributed by atoms with Gasteiger partial charge in [0, 0.05) is 23.9 Å². The van der Waals surface area contributed by atoms with Crippen molar-refractivity contribution in [3.63, 3.8) is 0 Å². The lowest BCUT2D eigenvalue weighted by molar-refractivity contribution is -0.384. The molecule has 2 aromatic heterocycles. The van der Waals surface area contributed by atoms with Gasteiger partial charge in [0.05, 0.1) is 21.7 Å². The minimum Gasteiger partial charge on any atom is -0.267 e. The van der Waals surface area contributed by atoms with Crippen molar-refractivity contribution in [2.75, 3.05) is 0 Å². The Hall–Kier alpha value is -4.66. The fraction of sp³-hybridized carbons (Fsp3) is 0. The van der Waals surface area contributed by atoms with Gasteiger partial charge in [0.25, 0.3) is 11.6 Å². The van der Waals surface area contributed by atoms with E-state index in [1.807, 2.05) is 36.4 Å². The first kappa shape index (κ1) is 18.4. The Morgan fingerprint density at radius 1 is 0.903 bits per heavy atom. The highest BCUT2D eigenvalue weighted by atomic mass is 16.6. The van der Waals surface area contributed by atoms with E-state index >= 15 is 0 Å². The zero-order valence-electron chi connectivity index (χ0n) is 16.0. The second-order valence-electron chi connectivity index (χ2n) is 6.77. The first-order chi connectivity index (χ1) is 15.1. The minimum atomic E-state index is -0.472. The number of aromatic nitrogens is 5. The Kier molecular flexibility index (Phi) is 4.33. The van der Waals surface area contributed by atoms with Crippen LogP contribution in [0.1, 0.15) is 10.4 Å². The number of hydrogen-bond donors (Lipinski definition) is 0. The van der Waals surface area contributed by atoms with Crippen LogP contribution in [0.2, 0.25) is 0 Å². The molecule has 9 nitrogen and oxygen atoms in total. The van der Waals surface area contributed by atoms with Crippen LogP contribution in [0.15, 0.2) is 85.1 Å². The van der Waals surface area contributed by atoms with E-state index in [2.05, 4.69) is 15.4 Å². The van der Waals surface area contributed by atoms with Gasteiger partial charge in [-0.05, 0) is 36.4 Å². The molecule has 3 aromatic carbocycles. The van der Waals surface area contributed by atoms with Crippen molar-refractivity contribution in [1.29, 1.82) is 0 Å². The van der Waals surface area contributed by atoms with Crippen molar-refractivity contribution in [3.05, 3.63) is 101 Å². The van der Waals surface area contributed by atoms with E-state index in [1.54, 1.807) is 41.2 Å². The molecule has 9 heteroatoms. The molecule has 150 valence electrons. The van der Waals surface area contributed by atoms with Gasteiger partial charge in [-0.2, -0.15) is 9.78 Å². The molecule has 5 rings (SSSR count). The average molecular weight is 410 g/mol. The summed E-state index contributed by atoms with van der Waals surface area (Å²) >= 11 is 0. The van der Waals surface area contributed by atoms with Crippen LogP contribution in [0, 0.1) is 10.1 Å². The standard InChI is InChI=1S/C22H14N6O3/c29-22(27-20-9-5-4-8-19(20)23-25-27)18-14-26(16-6-2-1-3-7-16)24-21(18)15-10-12-17(13-11-15)28(30)31/h1-14H. The highest BCUT2D eigenvalue weighted by Crippen LogP contribution is 2.27. The summed E-state index contributed by atoms with van der Waals surface area (Å²) in [7, 11) is 0. The monoisotopic (exact) mass is 410 g/mol. The van der Waals surface area contributed by atoms with Crippen LogP contribution in [-0.4, -0.2) is 35.6 Å². The lowest BCUT2D eigenvalue weighted by atomic mass is 10.1. The molecule has 0 fully saturated rings. The van der Waals surface area contributed by atoms with Crippen molar-refractivity contribution >= 4 is 22.6 Å². The summed E-state index contributed by atoms with van der Waals surface area (Å²) in [5, 5.41) is 23.7. The van der Waals surface area contributed by atoms with Crippen molar-refractivity contribution in [2.24, 2.45) is 0 Å². The van der Waals surface area contributed by atoms with Crippen molar-refractivity contribution in [1.82, 2.24) is 24.8 Å². The van der Waals surface area contributed by atoms with Gasteiger partial charge in [-0.15, -0.1) is 5.10 Å². The molecule has 0 atom stereocenters. The Bertz CT molecular complexity index is 1420. The van der Waals surface area contributed by atoms with E-state index in [-0.39, 0.29) is 5.69 Å². The van der Waals surface area contributed by atoms with Gasteiger partial charge in [-0.3, -0.25) is 14.9 Å². The van der Waals surface area contributed by atoms with Gasteiger partial charge in [-0.1, -0.05) is 35.5 Å². The third-order valence-electron chi connectivity index (χ3n) is 4.86. The molecule has 31 heavy (non-hydrogen) atoms. The number of nitro benzene ring substituents is 1. The van der Waals surface area contributed by atoms with Crippen LogP contribution < -0.4 is 0 Å². The predicted octanol–water partition coefficient (Wildman–Crippen LogP) is 3.88. The van der Waals surface area contributed by atoms with Crippen molar-refractivity contribution in [3.8, 4) is 16.9 Å². The van der Waals surface area contributed by atoms with Crippen LogP contribution >= 0.6 is 0 Å². The number of benzene rings is 3. The summed E-state index contributed by atoms with van der Waals surface area (Å²) in [4.78, 5) is 24.0. The molecule has 0 unspecified atom stereocenters. The summed E-state index contributed by atoms with van der Waals surface area (Å²) in [5.74, 6) is -0.399. The molecule has 0 bridgehead atoms. The molecule has 0 aliphatic heterocycles. The van der Waals surface area contributed by atoms with E-state index < -0.39 is 10.8 Å². The van der Waals surface area contributed by atoms with E-state index in [4.69, 9.17) is 0 Å². The fourth-order valence-corrected chi connectivity index (χ4v) is 3.33. The highest BCUT2D eigenvalue weighted by Gasteiger charge is 2.23. The van der Waals surface area contributed by atoms with E-state index in [0.717, 1.165) is 5.69 Å². The number of rotatable bonds is 4. The molecular formula is C22H14N6O3. The Morgan fingerprint density at radius 3 is 2.35 bits per heavy atom. The number of nitrogens with zero attached hydrogens (tertiary/aromatic N) is 6. The topological polar surface area (TPSA) is 109 Å².